The molecule has 8 nitrogen and oxygen atoms in total. The molecule has 1 aliphatic rings. The quantitative estimate of drug-likeness (QED) is 0.517. The number of aryl methyl sites for hydroxylation is 1. The van der Waals surface area contributed by atoms with E-state index >= 15 is 4.39 Å². The molecule has 1 N–H and O–H groups in total. The molecule has 0 aliphatic carbocycles. The summed E-state index contributed by atoms with van der Waals surface area (Å²) < 4.78 is 82.6. The first-order valence-corrected chi connectivity index (χ1v) is 10.8. The first-order valence-electron chi connectivity index (χ1n) is 10.8. The standard InChI is InChI=1S/C22H21F6N7O/c1-12-3-4-15(35-32-5-6-33-35)17(18(12)23)19(36)34-11-21(24,25)7-13(2)16(34)10-31-20-29-8-14(9-30-20)22(26,27)28/h3-6,8-9,13,16H,7,10-11H2,1-2H3,(H,29,30,31)/t13-,16-/m1/s1. The van der Waals surface area contributed by atoms with E-state index < -0.39 is 59.9 Å². The van der Waals surface area contributed by atoms with Gasteiger partial charge in [-0.3, -0.25) is 4.79 Å². The minimum atomic E-state index is -4.62. The van der Waals surface area contributed by atoms with Crippen molar-refractivity contribution in [2.75, 3.05) is 18.4 Å². The van der Waals surface area contributed by atoms with Crippen LogP contribution in [0.1, 0.15) is 34.8 Å². The smallest absolute Gasteiger partial charge is 0.352 e. The number of aromatic nitrogens is 5. The van der Waals surface area contributed by atoms with Crippen molar-refractivity contribution in [1.82, 2.24) is 29.9 Å². The lowest BCUT2D eigenvalue weighted by Gasteiger charge is -2.43. The van der Waals surface area contributed by atoms with Crippen LogP contribution in [0.15, 0.2) is 36.9 Å². The van der Waals surface area contributed by atoms with E-state index in [2.05, 4.69) is 25.5 Å². The number of piperidine rings is 1. The molecule has 3 heterocycles. The second kappa shape index (κ2) is 9.39. The van der Waals surface area contributed by atoms with Gasteiger partial charge in [0.25, 0.3) is 11.8 Å². The number of anilines is 1. The molecule has 0 saturated carbocycles. The third-order valence-corrected chi connectivity index (χ3v) is 5.95. The first-order chi connectivity index (χ1) is 16.9. The highest BCUT2D eigenvalue weighted by molar-refractivity contribution is 5.98. The van der Waals surface area contributed by atoms with Crippen molar-refractivity contribution in [3.8, 4) is 5.69 Å². The molecule has 1 amide bonds. The number of amides is 1. The van der Waals surface area contributed by atoms with E-state index in [0.29, 0.717) is 12.4 Å². The molecule has 2 atom stereocenters. The van der Waals surface area contributed by atoms with Crippen LogP contribution in [0, 0.1) is 18.7 Å². The Bertz CT molecular complexity index is 1230. The molecule has 1 fully saturated rings. The fourth-order valence-electron chi connectivity index (χ4n) is 4.16. The summed E-state index contributed by atoms with van der Waals surface area (Å²) in [6.07, 6.45) is -1.35. The van der Waals surface area contributed by atoms with Gasteiger partial charge in [0.15, 0.2) is 0 Å². The van der Waals surface area contributed by atoms with Crippen LogP contribution in [0.5, 0.6) is 0 Å². The number of hydrogen-bond donors (Lipinski definition) is 1. The molecule has 1 saturated heterocycles. The summed E-state index contributed by atoms with van der Waals surface area (Å²) in [4.78, 5) is 22.7. The largest absolute Gasteiger partial charge is 0.419 e. The van der Waals surface area contributed by atoms with Crippen LogP contribution in [0.2, 0.25) is 0 Å². The Labute approximate surface area is 201 Å². The van der Waals surface area contributed by atoms with Crippen molar-refractivity contribution in [2.24, 2.45) is 5.92 Å². The summed E-state index contributed by atoms with van der Waals surface area (Å²) >= 11 is 0. The molecule has 0 unspecified atom stereocenters. The Morgan fingerprint density at radius 1 is 1.17 bits per heavy atom. The number of carbonyl (C=O) groups is 1. The van der Waals surface area contributed by atoms with Gasteiger partial charge in [0.05, 0.1) is 30.5 Å². The third kappa shape index (κ3) is 5.11. The number of rotatable bonds is 5. The maximum absolute atomic E-state index is 15.2. The van der Waals surface area contributed by atoms with Crippen LogP contribution >= 0.6 is 0 Å². The molecule has 1 aliphatic heterocycles. The van der Waals surface area contributed by atoms with E-state index in [1.165, 1.54) is 38.4 Å². The van der Waals surface area contributed by atoms with Crippen molar-refractivity contribution < 1.29 is 31.1 Å². The molecule has 14 heteroatoms. The topological polar surface area (TPSA) is 88.8 Å². The van der Waals surface area contributed by atoms with Gasteiger partial charge in [0.2, 0.25) is 5.95 Å². The lowest BCUT2D eigenvalue weighted by atomic mass is 9.87. The Morgan fingerprint density at radius 2 is 1.81 bits per heavy atom. The van der Waals surface area contributed by atoms with Crippen LogP contribution in [0.25, 0.3) is 5.69 Å². The number of benzene rings is 1. The van der Waals surface area contributed by atoms with E-state index in [1.54, 1.807) is 0 Å². The monoisotopic (exact) mass is 513 g/mol. The summed E-state index contributed by atoms with van der Waals surface area (Å²) in [7, 11) is 0. The number of hydrogen-bond acceptors (Lipinski definition) is 6. The van der Waals surface area contributed by atoms with E-state index in [0.717, 1.165) is 9.70 Å². The average molecular weight is 513 g/mol. The molecule has 2 aromatic heterocycles. The summed E-state index contributed by atoms with van der Waals surface area (Å²) in [5, 5.41) is 10.5. The lowest BCUT2D eigenvalue weighted by Crippen LogP contribution is -2.57. The predicted molar refractivity (Wildman–Crippen MR) is 115 cm³/mol. The van der Waals surface area contributed by atoms with Gasteiger partial charge in [0, 0.05) is 25.4 Å². The van der Waals surface area contributed by atoms with Crippen molar-refractivity contribution >= 4 is 11.9 Å². The molecule has 3 aromatic rings. The van der Waals surface area contributed by atoms with Crippen LogP contribution in [0.3, 0.4) is 0 Å². The number of nitrogens with zero attached hydrogens (tertiary/aromatic N) is 6. The van der Waals surface area contributed by atoms with Gasteiger partial charge in [-0.2, -0.15) is 28.2 Å². The molecule has 0 radical (unpaired) electrons. The molecular weight excluding hydrogens is 492 g/mol. The van der Waals surface area contributed by atoms with Crippen LogP contribution in [-0.2, 0) is 6.18 Å². The summed E-state index contributed by atoms with van der Waals surface area (Å²) in [6, 6.07) is 1.96. The zero-order valence-corrected chi connectivity index (χ0v) is 19.1. The van der Waals surface area contributed by atoms with Gasteiger partial charge < -0.3 is 10.2 Å². The predicted octanol–water partition coefficient (Wildman–Crippen LogP) is 4.12. The highest BCUT2D eigenvalue weighted by Gasteiger charge is 2.47. The Kier molecular flexibility index (Phi) is 6.62. The number of likely N-dealkylation sites (tertiary alicyclic amines) is 1. The number of alkyl halides is 5. The second-order valence-corrected chi connectivity index (χ2v) is 8.62. The number of halogens is 6. The van der Waals surface area contributed by atoms with Crippen LogP contribution < -0.4 is 5.32 Å². The first kappa shape index (κ1) is 25.4. The highest BCUT2D eigenvalue weighted by Crippen LogP contribution is 2.36. The molecule has 192 valence electrons. The fraction of sp³-hybridized carbons (Fsp3) is 0.409. The zero-order valence-electron chi connectivity index (χ0n) is 19.1. The van der Waals surface area contributed by atoms with Gasteiger partial charge in [0.1, 0.15) is 17.1 Å². The van der Waals surface area contributed by atoms with Crippen molar-refractivity contribution in [2.45, 2.75) is 38.4 Å². The fourth-order valence-corrected chi connectivity index (χ4v) is 4.16. The highest BCUT2D eigenvalue weighted by atomic mass is 19.4. The Hall–Kier alpha value is -3.71. The molecule has 4 rings (SSSR count). The van der Waals surface area contributed by atoms with Gasteiger partial charge >= 0.3 is 6.18 Å². The Morgan fingerprint density at radius 3 is 2.42 bits per heavy atom. The molecular formula is C22H21F6N7O. The summed E-state index contributed by atoms with van der Waals surface area (Å²) in [5.41, 5.74) is -1.41. The number of nitrogens with one attached hydrogen (secondary N) is 1. The maximum atomic E-state index is 15.2. The van der Waals surface area contributed by atoms with Crippen molar-refractivity contribution in [3.63, 3.8) is 0 Å². The van der Waals surface area contributed by atoms with Gasteiger partial charge in [-0.15, -0.1) is 0 Å². The van der Waals surface area contributed by atoms with Crippen molar-refractivity contribution in [1.29, 1.82) is 0 Å². The minimum Gasteiger partial charge on any atom is -0.352 e. The van der Waals surface area contributed by atoms with Crippen LogP contribution in [-0.4, -0.2) is 60.8 Å². The molecule has 36 heavy (non-hydrogen) atoms. The van der Waals surface area contributed by atoms with Crippen LogP contribution in [0.4, 0.5) is 32.3 Å². The summed E-state index contributed by atoms with van der Waals surface area (Å²) in [5.74, 6) is -6.05. The van der Waals surface area contributed by atoms with E-state index in [4.69, 9.17) is 0 Å². The Balaban J connectivity index is 1.65. The molecule has 1 aromatic carbocycles. The average Bonchev–Trinajstić information content (AvgIpc) is 3.33. The second-order valence-electron chi connectivity index (χ2n) is 8.62. The maximum Gasteiger partial charge on any atom is 0.419 e. The SMILES string of the molecule is Cc1ccc(-n2nccn2)c(C(=O)N2CC(F)(F)C[C@@H](C)[C@H]2CNc2ncc(C(F)(F)F)cn2)c1F. The zero-order chi connectivity index (χ0) is 26.3. The van der Waals surface area contributed by atoms with E-state index in [1.807, 2.05) is 0 Å². The minimum absolute atomic E-state index is 0.0209. The van der Waals surface area contributed by atoms with E-state index in [-0.39, 0.29) is 23.7 Å². The van der Waals surface area contributed by atoms with E-state index in [9.17, 15) is 26.7 Å². The molecule has 0 bridgehead atoms. The van der Waals surface area contributed by atoms with Crippen molar-refractivity contribution in [3.05, 3.63) is 59.4 Å². The molecule has 0 spiro atoms. The van der Waals surface area contributed by atoms with Gasteiger partial charge in [-0.1, -0.05) is 13.0 Å². The summed E-state index contributed by atoms with van der Waals surface area (Å²) in [6.45, 7) is 1.81. The van der Waals surface area contributed by atoms with Gasteiger partial charge in [-0.05, 0) is 24.5 Å². The lowest BCUT2D eigenvalue weighted by molar-refractivity contribution is -0.138. The normalized spacial score (nSPS) is 19.8. The van der Waals surface area contributed by atoms with Gasteiger partial charge in [-0.25, -0.2) is 23.1 Å². The third-order valence-electron chi connectivity index (χ3n) is 5.95. The number of carbonyl (C=O) groups excluding carboxylic acids is 1.